The molecule has 2 heterocycles. The van der Waals surface area contributed by atoms with Crippen LogP contribution < -0.4 is 0 Å². The predicted molar refractivity (Wildman–Crippen MR) is 193 cm³/mol. The maximum absolute atomic E-state index is 13.2. The monoisotopic (exact) mass is 744 g/mol. The molecule has 0 spiro atoms. The van der Waals surface area contributed by atoms with Gasteiger partial charge in [0.2, 0.25) is 0 Å². The summed E-state index contributed by atoms with van der Waals surface area (Å²) in [5.41, 5.74) is 4.26. The molecular weight excluding hydrogens is 707 g/mol. The molecule has 12 heteroatoms. The van der Waals surface area contributed by atoms with E-state index in [1.54, 1.807) is 24.0 Å². The summed E-state index contributed by atoms with van der Waals surface area (Å²) in [6.07, 6.45) is -5.81. The van der Waals surface area contributed by atoms with Crippen LogP contribution in [0.2, 0.25) is 18.1 Å². The summed E-state index contributed by atoms with van der Waals surface area (Å²) in [6, 6.07) is 20.0. The lowest BCUT2D eigenvalue weighted by Gasteiger charge is -2.35. The van der Waals surface area contributed by atoms with E-state index in [1.165, 1.54) is 41.2 Å². The Balaban J connectivity index is 1.45. The minimum absolute atomic E-state index is 0.125. The van der Waals surface area contributed by atoms with E-state index in [1.807, 2.05) is 26.1 Å². The number of aromatic nitrogens is 2. The molecule has 0 saturated carbocycles. The summed E-state index contributed by atoms with van der Waals surface area (Å²) >= 11 is 3.11. The molecular formula is C38H38F6N2OS2Si. The van der Waals surface area contributed by atoms with Gasteiger partial charge in [0.25, 0.3) is 0 Å². The molecule has 0 fully saturated rings. The predicted octanol–water partition coefficient (Wildman–Crippen LogP) is 12.1. The Bertz CT molecular complexity index is 1930. The van der Waals surface area contributed by atoms with Crippen molar-refractivity contribution in [2.24, 2.45) is 0 Å². The Kier molecular flexibility index (Phi) is 10.8. The normalized spacial score (nSPS) is 13.5. The summed E-state index contributed by atoms with van der Waals surface area (Å²) in [5.74, 6) is 0. The molecule has 264 valence electrons. The van der Waals surface area contributed by atoms with Gasteiger partial charge in [0, 0.05) is 32.3 Å². The van der Waals surface area contributed by atoms with Crippen molar-refractivity contribution in [2.45, 2.75) is 81.2 Å². The number of thioether (sulfide) groups is 1. The van der Waals surface area contributed by atoms with Crippen molar-refractivity contribution < 1.29 is 31.1 Å². The van der Waals surface area contributed by atoms with Crippen LogP contribution in [0.3, 0.4) is 0 Å². The van der Waals surface area contributed by atoms with Crippen LogP contribution in [0.1, 0.15) is 57.5 Å². The quantitative estimate of drug-likeness (QED) is 0.0879. The van der Waals surface area contributed by atoms with Crippen molar-refractivity contribution in [1.29, 1.82) is 0 Å². The summed E-state index contributed by atoms with van der Waals surface area (Å²) in [5, 5.41) is 0.278. The maximum atomic E-state index is 13.2. The van der Waals surface area contributed by atoms with E-state index in [2.05, 4.69) is 44.0 Å². The molecule has 0 aliphatic rings. The van der Waals surface area contributed by atoms with Crippen LogP contribution in [-0.4, -0.2) is 23.1 Å². The van der Waals surface area contributed by atoms with E-state index >= 15 is 0 Å². The molecule has 1 unspecified atom stereocenters. The fourth-order valence-corrected chi connectivity index (χ4v) is 8.61. The van der Waals surface area contributed by atoms with Gasteiger partial charge in [-0.1, -0.05) is 50.2 Å². The Hall–Kier alpha value is -3.45. The Morgan fingerprint density at radius 3 is 1.88 bits per heavy atom. The van der Waals surface area contributed by atoms with Crippen LogP contribution in [0.25, 0.3) is 21.8 Å². The van der Waals surface area contributed by atoms with Crippen LogP contribution in [-0.2, 0) is 25.2 Å². The number of thiazole rings is 1. The van der Waals surface area contributed by atoms with Crippen LogP contribution >= 0.6 is 23.1 Å². The third-order valence-electron chi connectivity index (χ3n) is 9.22. The molecule has 1 N–H and O–H groups in total. The summed E-state index contributed by atoms with van der Waals surface area (Å²) < 4.78 is 78.8. The zero-order valence-electron chi connectivity index (χ0n) is 28.5. The molecule has 2 aromatic heterocycles. The highest BCUT2D eigenvalue weighted by atomic mass is 32.2. The lowest BCUT2D eigenvalue weighted by molar-refractivity contribution is -0.138. The number of rotatable bonds is 10. The number of hydrogen-bond acceptors (Lipinski definition) is 5. The van der Waals surface area contributed by atoms with Gasteiger partial charge in [0.05, 0.1) is 22.5 Å². The first-order chi connectivity index (χ1) is 23.2. The lowest BCUT2D eigenvalue weighted by atomic mass is 9.98. The van der Waals surface area contributed by atoms with E-state index in [0.717, 1.165) is 57.3 Å². The van der Waals surface area contributed by atoms with Crippen molar-refractivity contribution in [1.82, 2.24) is 9.97 Å². The van der Waals surface area contributed by atoms with Crippen molar-refractivity contribution in [2.75, 3.05) is 0 Å². The molecule has 0 radical (unpaired) electrons. The van der Waals surface area contributed by atoms with E-state index in [9.17, 15) is 31.1 Å². The maximum Gasteiger partial charge on any atom is 0.416 e. The number of aryl methyl sites for hydroxylation is 2. The average Bonchev–Trinajstić information content (AvgIpc) is 3.42. The number of pyridine rings is 1. The molecule has 3 nitrogen and oxygen atoms in total. The summed E-state index contributed by atoms with van der Waals surface area (Å²) in [7, 11) is -2.42. The van der Waals surface area contributed by atoms with Crippen molar-refractivity contribution in [3.63, 3.8) is 0 Å². The topological polar surface area (TPSA) is 46.0 Å². The molecule has 0 aliphatic heterocycles. The zero-order chi connectivity index (χ0) is 36.6. The van der Waals surface area contributed by atoms with E-state index in [-0.39, 0.29) is 10.3 Å². The second-order valence-electron chi connectivity index (χ2n) is 13.7. The first-order valence-corrected chi connectivity index (χ1v) is 20.6. The first kappa shape index (κ1) is 37.8. The van der Waals surface area contributed by atoms with Crippen LogP contribution in [0, 0.1) is 13.8 Å². The van der Waals surface area contributed by atoms with Gasteiger partial charge in [-0.25, -0.2) is 4.98 Å². The second-order valence-corrected chi connectivity index (χ2v) is 20.5. The third-order valence-corrected chi connectivity index (χ3v) is 15.4. The smallest absolute Gasteiger partial charge is 0.416 e. The van der Waals surface area contributed by atoms with Gasteiger partial charge in [0.1, 0.15) is 5.01 Å². The Labute approximate surface area is 298 Å². The molecule has 50 heavy (non-hydrogen) atoms. The molecule has 0 saturated heterocycles. The minimum Gasteiger partial charge on any atom is -0.432 e. The fourth-order valence-electron chi connectivity index (χ4n) is 5.38. The molecule has 0 bridgehead atoms. The number of alkyl halides is 6. The first-order valence-electron chi connectivity index (χ1n) is 16.0. The third kappa shape index (κ3) is 8.88. The second kappa shape index (κ2) is 14.3. The Morgan fingerprint density at radius 2 is 1.38 bits per heavy atom. The average molecular weight is 745 g/mol. The zero-order valence-corrected chi connectivity index (χ0v) is 31.1. The fraction of sp³-hybridized carbons (Fsp3) is 0.316. The van der Waals surface area contributed by atoms with Gasteiger partial charge in [-0.15, -0.1) is 23.1 Å². The highest BCUT2D eigenvalue weighted by molar-refractivity contribution is 7.99. The molecule has 0 aliphatic carbocycles. The van der Waals surface area contributed by atoms with Gasteiger partial charge in [-0.3, -0.25) is 4.98 Å². The van der Waals surface area contributed by atoms with E-state index in [0.29, 0.717) is 28.2 Å². The highest BCUT2D eigenvalue weighted by Gasteiger charge is 2.38. The van der Waals surface area contributed by atoms with Gasteiger partial charge in [0.15, 0.2) is 8.32 Å². The molecule has 0 amide bonds. The summed E-state index contributed by atoms with van der Waals surface area (Å²) in [6.45, 7) is 12.1. The van der Waals surface area contributed by atoms with Crippen LogP contribution in [0.5, 0.6) is 0 Å². The van der Waals surface area contributed by atoms with Crippen molar-refractivity contribution in [3.05, 3.63) is 123 Å². The van der Waals surface area contributed by atoms with Crippen molar-refractivity contribution >= 4 is 31.4 Å². The van der Waals surface area contributed by atoms with Gasteiger partial charge >= 0.3 is 12.4 Å². The number of halogens is 6. The standard InChI is InChI=1S/C38H38F6N2OS2Si/c1-23-19-31(17-12-28(23)21-36(3,4)50(5,6)47)48-33(34-24(2)46-35(49-34)27-10-15-30(16-11-27)38(42,43)44)20-25-7-18-32(45-22-25)26-8-13-29(14-9-26)37(39,40)41/h7-19,22,33,47H,20-21H2,1-6H3. The Morgan fingerprint density at radius 1 is 0.800 bits per heavy atom. The van der Waals surface area contributed by atoms with Gasteiger partial charge < -0.3 is 4.80 Å². The number of hydrogen-bond donors (Lipinski definition) is 1. The number of nitrogens with zero attached hydrogens (tertiary/aromatic N) is 2. The van der Waals surface area contributed by atoms with Crippen LogP contribution in [0.4, 0.5) is 26.3 Å². The molecule has 5 rings (SSSR count). The van der Waals surface area contributed by atoms with E-state index < -0.39 is 31.8 Å². The molecule has 1 atom stereocenters. The SMILES string of the molecule is Cc1cc(SC(Cc2ccc(-c3ccc(C(F)(F)F)cc3)nc2)c2sc(-c3ccc(C(F)(F)F)cc3)nc2C)ccc1CC(C)(C)[Si](C)(C)O. The van der Waals surface area contributed by atoms with E-state index in [4.69, 9.17) is 4.98 Å². The van der Waals surface area contributed by atoms with Gasteiger partial charge in [-0.2, -0.15) is 26.3 Å². The molecule has 3 aromatic carbocycles. The molecule has 5 aromatic rings. The minimum atomic E-state index is -4.43. The summed E-state index contributed by atoms with van der Waals surface area (Å²) in [4.78, 5) is 22.2. The lowest BCUT2D eigenvalue weighted by Crippen LogP contribution is -2.40. The van der Waals surface area contributed by atoms with Crippen LogP contribution in [0.15, 0.2) is 90.0 Å². The highest BCUT2D eigenvalue weighted by Crippen LogP contribution is 2.45. The van der Waals surface area contributed by atoms with Gasteiger partial charge in [-0.05, 0) is 104 Å². The number of benzene rings is 3. The largest absolute Gasteiger partial charge is 0.432 e. The van der Waals surface area contributed by atoms with Crippen molar-refractivity contribution in [3.8, 4) is 21.8 Å².